The van der Waals surface area contributed by atoms with E-state index >= 15 is 0 Å². The Morgan fingerprint density at radius 3 is 2.40 bits per heavy atom. The summed E-state index contributed by atoms with van der Waals surface area (Å²) in [5.41, 5.74) is 4.06. The Labute approximate surface area is 252 Å². The zero-order valence-electron chi connectivity index (χ0n) is 25.1. The first kappa shape index (κ1) is 29.4. The van der Waals surface area contributed by atoms with Crippen molar-refractivity contribution < 1.29 is 29.3 Å². The molecule has 3 aliphatic heterocycles. The van der Waals surface area contributed by atoms with Crippen molar-refractivity contribution in [1.82, 2.24) is 14.7 Å². The standard InChI is InChI=1S/C33H42N4O6/c1-3-34-14-15-36(21-29(38)28-16-22-6-4-5-7-24(22)20-37(28)32(41)42)31(40)26-9-8-23(17-27(26)34)30(39)35-12-10-33(11-13-35)18-25(19-33)43-2/h4-9,17,25,28-29,38H,3,10-16,18-21H2,1-2H3,(H,41,42)/t28-,29+/m0/s1. The first-order chi connectivity index (χ1) is 20.7. The van der Waals surface area contributed by atoms with Crippen molar-refractivity contribution in [3.8, 4) is 0 Å². The third kappa shape index (κ3) is 5.58. The zero-order chi connectivity index (χ0) is 30.3. The van der Waals surface area contributed by atoms with Crippen LogP contribution in [0.1, 0.15) is 64.4 Å². The molecule has 3 amide bonds. The number of amides is 3. The van der Waals surface area contributed by atoms with Crippen LogP contribution in [0.25, 0.3) is 0 Å². The number of carboxylic acid groups (broad SMARTS) is 1. The van der Waals surface area contributed by atoms with Gasteiger partial charge in [-0.1, -0.05) is 24.3 Å². The summed E-state index contributed by atoms with van der Waals surface area (Å²) in [6.45, 7) is 5.29. The Bertz CT molecular complexity index is 1380. The maximum absolute atomic E-state index is 13.8. The van der Waals surface area contributed by atoms with Gasteiger partial charge < -0.3 is 29.6 Å². The molecule has 2 aromatic carbocycles. The summed E-state index contributed by atoms with van der Waals surface area (Å²) >= 11 is 0. The number of hydrogen-bond donors (Lipinski definition) is 2. The van der Waals surface area contributed by atoms with Gasteiger partial charge in [0.05, 0.1) is 29.5 Å². The largest absolute Gasteiger partial charge is 0.465 e. The molecule has 2 N–H and O–H groups in total. The molecule has 43 heavy (non-hydrogen) atoms. The number of nitrogens with zero attached hydrogens (tertiary/aromatic N) is 4. The second-order valence-corrected chi connectivity index (χ2v) is 12.6. The molecule has 10 nitrogen and oxygen atoms in total. The van der Waals surface area contributed by atoms with Gasteiger partial charge in [-0.2, -0.15) is 0 Å². The second kappa shape index (κ2) is 11.8. The third-order valence-corrected chi connectivity index (χ3v) is 10.3. The molecule has 1 spiro atoms. The molecule has 3 heterocycles. The highest BCUT2D eigenvalue weighted by atomic mass is 16.5. The van der Waals surface area contributed by atoms with E-state index < -0.39 is 18.2 Å². The van der Waals surface area contributed by atoms with Gasteiger partial charge in [0.15, 0.2) is 0 Å². The van der Waals surface area contributed by atoms with E-state index in [2.05, 4.69) is 4.90 Å². The second-order valence-electron chi connectivity index (χ2n) is 12.6. The summed E-state index contributed by atoms with van der Waals surface area (Å²) < 4.78 is 5.48. The Morgan fingerprint density at radius 1 is 1.02 bits per heavy atom. The molecule has 1 aliphatic carbocycles. The van der Waals surface area contributed by atoms with Gasteiger partial charge in [0.25, 0.3) is 11.8 Å². The molecule has 6 rings (SSSR count). The maximum atomic E-state index is 13.8. The molecule has 10 heteroatoms. The highest BCUT2D eigenvalue weighted by Crippen LogP contribution is 2.50. The SMILES string of the molecule is CCN1CCN(C[C@@H](O)[C@@H]2Cc3ccccc3CN2C(=O)O)C(=O)c2ccc(C(=O)N3CCC4(CC3)CC(OC)C4)cc21. The van der Waals surface area contributed by atoms with Gasteiger partial charge in [0.2, 0.25) is 0 Å². The van der Waals surface area contributed by atoms with Crippen LogP contribution >= 0.6 is 0 Å². The van der Waals surface area contributed by atoms with E-state index in [0.29, 0.717) is 48.7 Å². The minimum Gasteiger partial charge on any atom is -0.465 e. The molecular formula is C33H42N4O6. The topological polar surface area (TPSA) is 114 Å². The summed E-state index contributed by atoms with van der Waals surface area (Å²) in [5, 5.41) is 21.2. The Morgan fingerprint density at radius 2 is 1.72 bits per heavy atom. The Kier molecular flexibility index (Phi) is 8.08. The van der Waals surface area contributed by atoms with Gasteiger partial charge in [-0.3, -0.25) is 14.5 Å². The van der Waals surface area contributed by atoms with Crippen LogP contribution in [-0.4, -0.2) is 107 Å². The van der Waals surface area contributed by atoms with Gasteiger partial charge >= 0.3 is 6.09 Å². The number of aliphatic hydroxyl groups excluding tert-OH is 1. The lowest BCUT2D eigenvalue weighted by atomic mass is 9.61. The predicted molar refractivity (Wildman–Crippen MR) is 161 cm³/mol. The molecule has 230 valence electrons. The number of carbonyl (C=O) groups excluding carboxylic acids is 2. The van der Waals surface area contributed by atoms with Gasteiger partial charge in [0, 0.05) is 58.5 Å². The number of β-amino-alcohol motifs (C(OH)–C–C–N with tert-alkyl or cyclic N) is 1. The highest BCUT2D eigenvalue weighted by molar-refractivity contribution is 6.03. The van der Waals surface area contributed by atoms with Crippen LogP contribution in [-0.2, 0) is 17.7 Å². The van der Waals surface area contributed by atoms with Crippen LogP contribution in [0.5, 0.6) is 0 Å². The molecule has 2 aromatic rings. The molecule has 2 atom stereocenters. The summed E-state index contributed by atoms with van der Waals surface area (Å²) in [6, 6.07) is 12.3. The number of fused-ring (bicyclic) bond motifs is 2. The van der Waals surface area contributed by atoms with Gasteiger partial charge in [-0.25, -0.2) is 4.79 Å². The number of ether oxygens (including phenoxy) is 1. The van der Waals surface area contributed by atoms with Gasteiger partial charge in [0.1, 0.15) is 0 Å². The van der Waals surface area contributed by atoms with Crippen LogP contribution in [0, 0.1) is 5.41 Å². The van der Waals surface area contributed by atoms with E-state index in [-0.39, 0.29) is 24.9 Å². The van der Waals surface area contributed by atoms with Gasteiger partial charge in [-0.15, -0.1) is 0 Å². The van der Waals surface area contributed by atoms with Crippen LogP contribution in [0.15, 0.2) is 42.5 Å². The van der Waals surface area contributed by atoms with E-state index in [9.17, 15) is 24.6 Å². The fraction of sp³-hybridized carbons (Fsp3) is 0.545. The lowest BCUT2D eigenvalue weighted by molar-refractivity contribution is -0.0841. The monoisotopic (exact) mass is 590 g/mol. The van der Waals surface area contributed by atoms with Crippen molar-refractivity contribution in [3.05, 3.63) is 64.7 Å². The fourth-order valence-corrected chi connectivity index (χ4v) is 7.54. The van der Waals surface area contributed by atoms with E-state index in [1.807, 2.05) is 42.2 Å². The van der Waals surface area contributed by atoms with E-state index in [1.165, 1.54) is 4.90 Å². The lowest BCUT2D eigenvalue weighted by Crippen LogP contribution is -2.54. The molecule has 0 aromatic heterocycles. The average molecular weight is 591 g/mol. The molecule has 0 bridgehead atoms. The van der Waals surface area contributed by atoms with Crippen LogP contribution in [0.4, 0.5) is 10.5 Å². The number of aliphatic hydroxyl groups is 1. The lowest BCUT2D eigenvalue weighted by Gasteiger charge is -2.51. The molecular weight excluding hydrogens is 548 g/mol. The molecule has 1 saturated carbocycles. The molecule has 0 radical (unpaired) electrons. The smallest absolute Gasteiger partial charge is 0.407 e. The van der Waals surface area contributed by atoms with E-state index in [4.69, 9.17) is 4.74 Å². The number of anilines is 1. The Balaban J connectivity index is 1.17. The zero-order valence-corrected chi connectivity index (χ0v) is 25.1. The Hall–Kier alpha value is -3.63. The van der Waals surface area contributed by atoms with Crippen molar-refractivity contribution >= 4 is 23.6 Å². The fourth-order valence-electron chi connectivity index (χ4n) is 7.54. The molecule has 2 fully saturated rings. The summed E-state index contributed by atoms with van der Waals surface area (Å²) in [4.78, 5) is 46.4. The molecule has 0 unspecified atom stereocenters. The minimum atomic E-state index is -1.09. The average Bonchev–Trinajstić information content (AvgIpc) is 3.14. The summed E-state index contributed by atoms with van der Waals surface area (Å²) in [5.74, 6) is -0.230. The van der Waals surface area contributed by atoms with E-state index in [0.717, 1.165) is 55.6 Å². The van der Waals surface area contributed by atoms with Gasteiger partial charge in [-0.05, 0) is 73.8 Å². The van der Waals surface area contributed by atoms with E-state index in [1.54, 1.807) is 24.1 Å². The number of methoxy groups -OCH3 is 1. The van der Waals surface area contributed by atoms with Crippen LogP contribution in [0.2, 0.25) is 0 Å². The molecule has 1 saturated heterocycles. The van der Waals surface area contributed by atoms with Crippen molar-refractivity contribution in [1.29, 1.82) is 0 Å². The first-order valence-electron chi connectivity index (χ1n) is 15.5. The predicted octanol–water partition coefficient (Wildman–Crippen LogP) is 3.47. The minimum absolute atomic E-state index is 0.00775. The number of benzene rings is 2. The van der Waals surface area contributed by atoms with Crippen molar-refractivity contribution in [2.75, 3.05) is 51.3 Å². The number of likely N-dealkylation sites (tertiary alicyclic amines) is 1. The number of carbonyl (C=O) groups is 3. The third-order valence-electron chi connectivity index (χ3n) is 10.3. The highest BCUT2D eigenvalue weighted by Gasteiger charge is 2.46. The number of hydrogen-bond acceptors (Lipinski definition) is 6. The van der Waals surface area contributed by atoms with Crippen molar-refractivity contribution in [3.63, 3.8) is 0 Å². The number of rotatable bonds is 6. The number of likely N-dealkylation sites (N-methyl/N-ethyl adjacent to an activating group) is 1. The van der Waals surface area contributed by atoms with Crippen LogP contribution < -0.4 is 4.90 Å². The summed E-state index contributed by atoms with van der Waals surface area (Å²) in [7, 11) is 1.77. The quantitative estimate of drug-likeness (QED) is 0.530. The van der Waals surface area contributed by atoms with Crippen LogP contribution in [0.3, 0.4) is 0 Å². The molecule has 4 aliphatic rings. The summed E-state index contributed by atoms with van der Waals surface area (Å²) in [6.07, 6.45) is 2.73. The maximum Gasteiger partial charge on any atom is 0.407 e. The van der Waals surface area contributed by atoms with Crippen molar-refractivity contribution in [2.45, 2.75) is 63.8 Å². The first-order valence-corrected chi connectivity index (χ1v) is 15.5. The normalized spacial score (nSPS) is 22.5. The van der Waals surface area contributed by atoms with Crippen molar-refractivity contribution in [2.24, 2.45) is 5.41 Å². The number of piperidine rings is 1.